The summed E-state index contributed by atoms with van der Waals surface area (Å²) < 4.78 is 17.5. The van der Waals surface area contributed by atoms with Crippen LogP contribution < -0.4 is 5.32 Å². The predicted molar refractivity (Wildman–Crippen MR) is 274 cm³/mol. The number of amides is 1. The average molecular weight is 950 g/mol. The molecule has 1 heterocycles. The van der Waals surface area contributed by atoms with Crippen molar-refractivity contribution in [1.82, 2.24) is 5.32 Å². The predicted octanol–water partition coefficient (Wildman–Crippen LogP) is 11.9. The number of allylic oxidation sites excluding steroid dienone is 5. The van der Waals surface area contributed by atoms with Gasteiger partial charge < -0.3 is 45.1 Å². The molecule has 1 saturated heterocycles. The zero-order chi connectivity index (χ0) is 49.0. The van der Waals surface area contributed by atoms with Gasteiger partial charge in [-0.15, -0.1) is 0 Å². The highest BCUT2D eigenvalue weighted by Crippen LogP contribution is 2.26. The zero-order valence-electron chi connectivity index (χ0n) is 43.0. The van der Waals surface area contributed by atoms with E-state index in [1.807, 2.05) is 6.08 Å². The summed E-state index contributed by atoms with van der Waals surface area (Å²) in [5.74, 6) is -1.20. The van der Waals surface area contributed by atoms with Gasteiger partial charge in [-0.3, -0.25) is 9.59 Å². The second-order valence-corrected chi connectivity index (χ2v) is 19.3. The molecule has 1 rings (SSSR count). The summed E-state index contributed by atoms with van der Waals surface area (Å²) in [5.41, 5.74) is 0. The molecule has 1 aliphatic rings. The number of aliphatic hydroxyl groups is 5. The Kier molecular flexibility index (Phi) is 42.3. The summed E-state index contributed by atoms with van der Waals surface area (Å²) in [6, 6.07) is -1.02. The molecule has 11 nitrogen and oxygen atoms in total. The van der Waals surface area contributed by atoms with E-state index in [2.05, 4.69) is 50.4 Å². The van der Waals surface area contributed by atoms with Crippen LogP contribution in [0, 0.1) is 0 Å². The number of hydrogen-bond donors (Lipinski definition) is 6. The fourth-order valence-electron chi connectivity index (χ4n) is 8.63. The Hall–Kier alpha value is -2.12. The van der Waals surface area contributed by atoms with Crippen molar-refractivity contribution >= 4 is 11.9 Å². The summed E-state index contributed by atoms with van der Waals surface area (Å²) in [5, 5.41) is 56.7. The lowest BCUT2D eigenvalue weighted by Gasteiger charge is -2.41. The third kappa shape index (κ3) is 34.0. The number of carbonyl (C=O) groups is 2. The number of aliphatic hydroxyl groups excluding tert-OH is 5. The fraction of sp³-hybridized carbons (Fsp3) is 0.857. The number of ether oxygens (including phenoxy) is 3. The first-order valence-electron chi connectivity index (χ1n) is 27.8. The second kappa shape index (κ2) is 45.0. The molecule has 8 atom stereocenters. The van der Waals surface area contributed by atoms with Gasteiger partial charge >= 0.3 is 5.97 Å². The molecule has 11 heteroatoms. The van der Waals surface area contributed by atoms with Crippen LogP contribution in [0.1, 0.15) is 245 Å². The van der Waals surface area contributed by atoms with E-state index in [1.165, 1.54) is 109 Å². The molecule has 0 aliphatic carbocycles. The van der Waals surface area contributed by atoms with Crippen LogP contribution in [0.2, 0.25) is 0 Å². The van der Waals surface area contributed by atoms with Crippen LogP contribution in [0.3, 0.4) is 0 Å². The Morgan fingerprint density at radius 2 is 1.07 bits per heavy atom. The summed E-state index contributed by atoms with van der Waals surface area (Å²) in [7, 11) is 0. The molecule has 67 heavy (non-hydrogen) atoms. The first kappa shape index (κ1) is 62.9. The molecule has 0 aromatic carbocycles. The minimum Gasteiger partial charge on any atom is -0.454 e. The molecule has 8 unspecified atom stereocenters. The van der Waals surface area contributed by atoms with Crippen LogP contribution in [0.5, 0.6) is 0 Å². The molecule has 1 fully saturated rings. The number of rotatable bonds is 46. The van der Waals surface area contributed by atoms with Crippen LogP contribution in [0.4, 0.5) is 0 Å². The van der Waals surface area contributed by atoms with Gasteiger partial charge in [0, 0.05) is 6.42 Å². The highest BCUT2D eigenvalue weighted by molar-refractivity contribution is 5.80. The average Bonchev–Trinajstić information content (AvgIpc) is 3.32. The SMILES string of the molecule is CC/C=C/C/C=C/CCCCCCCCC(O)C(=O)NC(COC1OC(CO)C(O)C(O)C1OC(=O)CCCCCCCCCCCCCCCC)C(O)/C=C/CCCCCCCCCCC. The van der Waals surface area contributed by atoms with Crippen molar-refractivity contribution in [3.05, 3.63) is 36.5 Å². The van der Waals surface area contributed by atoms with Gasteiger partial charge in [0.2, 0.25) is 5.91 Å². The van der Waals surface area contributed by atoms with E-state index in [4.69, 9.17) is 14.2 Å². The lowest BCUT2D eigenvalue weighted by molar-refractivity contribution is -0.305. The van der Waals surface area contributed by atoms with Gasteiger partial charge in [-0.1, -0.05) is 224 Å². The third-order valence-electron chi connectivity index (χ3n) is 13.1. The molecule has 392 valence electrons. The maximum Gasteiger partial charge on any atom is 0.306 e. The minimum absolute atomic E-state index is 0.127. The highest BCUT2D eigenvalue weighted by atomic mass is 16.7. The molecule has 0 aromatic heterocycles. The quantitative estimate of drug-likeness (QED) is 0.0196. The Morgan fingerprint density at radius 3 is 1.60 bits per heavy atom. The van der Waals surface area contributed by atoms with E-state index in [0.717, 1.165) is 89.9 Å². The Bertz CT molecular complexity index is 1230. The van der Waals surface area contributed by atoms with E-state index in [9.17, 15) is 35.1 Å². The van der Waals surface area contributed by atoms with E-state index in [0.29, 0.717) is 12.8 Å². The number of hydrogen-bond acceptors (Lipinski definition) is 10. The van der Waals surface area contributed by atoms with Crippen molar-refractivity contribution in [3.8, 4) is 0 Å². The van der Waals surface area contributed by atoms with Gasteiger partial charge in [0.15, 0.2) is 12.4 Å². The Balaban J connectivity index is 2.74. The molecule has 1 amide bonds. The molecule has 0 radical (unpaired) electrons. The third-order valence-corrected chi connectivity index (χ3v) is 13.1. The lowest BCUT2D eigenvalue weighted by atomic mass is 9.99. The van der Waals surface area contributed by atoms with Gasteiger partial charge in [-0.25, -0.2) is 0 Å². The van der Waals surface area contributed by atoms with Gasteiger partial charge in [-0.05, 0) is 51.4 Å². The van der Waals surface area contributed by atoms with E-state index in [-0.39, 0.29) is 19.4 Å². The largest absolute Gasteiger partial charge is 0.454 e. The topological polar surface area (TPSA) is 175 Å². The number of nitrogens with one attached hydrogen (secondary N) is 1. The van der Waals surface area contributed by atoms with Crippen LogP contribution in [-0.2, 0) is 23.8 Å². The summed E-state index contributed by atoms with van der Waals surface area (Å²) in [6.45, 7) is 5.66. The van der Waals surface area contributed by atoms with Crippen molar-refractivity contribution in [1.29, 1.82) is 0 Å². The summed E-state index contributed by atoms with van der Waals surface area (Å²) >= 11 is 0. The molecule has 1 aliphatic heterocycles. The normalized spacial score (nSPS) is 20.3. The monoisotopic (exact) mass is 950 g/mol. The minimum atomic E-state index is -1.61. The molecular weight excluding hydrogens is 847 g/mol. The van der Waals surface area contributed by atoms with Crippen molar-refractivity contribution in [3.63, 3.8) is 0 Å². The van der Waals surface area contributed by atoms with Crippen LogP contribution >= 0.6 is 0 Å². The van der Waals surface area contributed by atoms with Crippen molar-refractivity contribution in [2.24, 2.45) is 0 Å². The Morgan fingerprint density at radius 1 is 0.597 bits per heavy atom. The van der Waals surface area contributed by atoms with Gasteiger partial charge in [-0.2, -0.15) is 0 Å². The molecule has 0 aromatic rings. The molecule has 0 saturated carbocycles. The van der Waals surface area contributed by atoms with Gasteiger partial charge in [0.25, 0.3) is 0 Å². The van der Waals surface area contributed by atoms with Crippen LogP contribution in [0.15, 0.2) is 36.5 Å². The van der Waals surface area contributed by atoms with E-state index < -0.39 is 67.4 Å². The van der Waals surface area contributed by atoms with E-state index >= 15 is 0 Å². The van der Waals surface area contributed by atoms with Crippen molar-refractivity contribution in [2.45, 2.75) is 294 Å². The molecular formula is C56H103NO10. The Labute approximate surface area is 409 Å². The molecule has 0 bridgehead atoms. The number of unbranched alkanes of at least 4 members (excludes halogenated alkanes) is 28. The summed E-state index contributed by atoms with van der Waals surface area (Å²) in [4.78, 5) is 26.4. The van der Waals surface area contributed by atoms with Crippen LogP contribution in [-0.4, -0.2) is 99.6 Å². The second-order valence-electron chi connectivity index (χ2n) is 19.3. The smallest absolute Gasteiger partial charge is 0.306 e. The lowest BCUT2D eigenvalue weighted by Crippen LogP contribution is -2.61. The standard InChI is InChI=1S/C56H103NO10/c1-4-7-10-13-16-19-22-24-26-29-32-35-38-41-44-51(61)67-54-53(63)52(62)50(45-58)66-56(54)65-46-47(48(59)42-39-36-33-30-27-21-18-15-12-9-6-3)57-55(64)49(60)43-40-37-34-31-28-25-23-20-17-14-11-8-5-2/h8,11,17,20,39,42,47-50,52-54,56,58-60,62-63H,4-7,9-10,12-16,18-19,21-38,40-41,43-46H2,1-3H3,(H,57,64)/b11-8+,20-17+,42-39+. The first-order valence-corrected chi connectivity index (χ1v) is 27.8. The van der Waals surface area contributed by atoms with Crippen LogP contribution in [0.25, 0.3) is 0 Å². The van der Waals surface area contributed by atoms with Gasteiger partial charge in [0.05, 0.1) is 25.4 Å². The molecule has 6 N–H and O–H groups in total. The highest BCUT2D eigenvalue weighted by Gasteiger charge is 2.47. The number of carbonyl (C=O) groups excluding carboxylic acids is 2. The fourth-order valence-corrected chi connectivity index (χ4v) is 8.63. The van der Waals surface area contributed by atoms with Crippen molar-refractivity contribution < 1.29 is 49.3 Å². The maximum absolute atomic E-state index is 13.3. The van der Waals surface area contributed by atoms with E-state index in [1.54, 1.807) is 6.08 Å². The first-order chi connectivity index (χ1) is 32.7. The van der Waals surface area contributed by atoms with Gasteiger partial charge in [0.1, 0.15) is 24.4 Å². The maximum atomic E-state index is 13.3. The van der Waals surface area contributed by atoms with Crippen molar-refractivity contribution in [2.75, 3.05) is 13.2 Å². The number of esters is 1. The molecule has 0 spiro atoms. The summed E-state index contributed by atoms with van der Waals surface area (Å²) in [6.07, 6.45) is 40.5. The zero-order valence-corrected chi connectivity index (χ0v) is 43.0.